The fourth-order valence-corrected chi connectivity index (χ4v) is 3.78. The summed E-state index contributed by atoms with van der Waals surface area (Å²) in [5, 5.41) is 0. The van der Waals surface area contributed by atoms with Gasteiger partial charge >= 0.3 is 0 Å². The maximum absolute atomic E-state index is 11.6. The summed E-state index contributed by atoms with van der Waals surface area (Å²) < 4.78 is 0. The molecule has 0 heterocycles. The number of hydrogen-bond donors (Lipinski definition) is 0. The molecule has 3 aliphatic carbocycles. The molecule has 0 spiro atoms. The normalized spacial score (nSPS) is 53.6. The van der Waals surface area contributed by atoms with Gasteiger partial charge in [0.1, 0.15) is 5.78 Å². The SMILES string of the molecule is CC(=O)C12CCC1C1C=CC2C1. The number of fused-ring (bicyclic) bond motifs is 5. The summed E-state index contributed by atoms with van der Waals surface area (Å²) in [5.41, 5.74) is 0.124. The van der Waals surface area contributed by atoms with Crippen molar-refractivity contribution in [1.29, 1.82) is 0 Å². The van der Waals surface area contributed by atoms with E-state index < -0.39 is 0 Å². The summed E-state index contributed by atoms with van der Waals surface area (Å²) >= 11 is 0. The topological polar surface area (TPSA) is 17.1 Å². The number of Topliss-reactive ketones (excluding diaryl/α,β-unsaturated/α-hetero) is 1. The second-order valence-electron chi connectivity index (χ2n) is 4.63. The van der Waals surface area contributed by atoms with Gasteiger partial charge < -0.3 is 0 Å². The van der Waals surface area contributed by atoms with Crippen LogP contribution in [-0.4, -0.2) is 5.78 Å². The Hall–Kier alpha value is -0.590. The molecule has 1 heteroatoms. The van der Waals surface area contributed by atoms with Crippen molar-refractivity contribution in [3.63, 3.8) is 0 Å². The first-order valence-electron chi connectivity index (χ1n) is 4.94. The Labute approximate surface area is 72.8 Å². The number of ketones is 1. The molecule has 0 aromatic carbocycles. The minimum Gasteiger partial charge on any atom is -0.299 e. The molecule has 64 valence electrons. The average Bonchev–Trinajstić information content (AvgIpc) is 2.40. The van der Waals surface area contributed by atoms with Crippen LogP contribution < -0.4 is 0 Å². The lowest BCUT2D eigenvalue weighted by molar-refractivity contribution is -0.138. The molecular formula is C11H14O. The van der Waals surface area contributed by atoms with Crippen molar-refractivity contribution in [2.75, 3.05) is 0 Å². The van der Waals surface area contributed by atoms with Crippen LogP contribution in [0, 0.1) is 23.2 Å². The van der Waals surface area contributed by atoms with Gasteiger partial charge in [0.25, 0.3) is 0 Å². The molecule has 0 amide bonds. The van der Waals surface area contributed by atoms with E-state index in [4.69, 9.17) is 0 Å². The molecule has 3 rings (SSSR count). The van der Waals surface area contributed by atoms with E-state index >= 15 is 0 Å². The van der Waals surface area contributed by atoms with Crippen molar-refractivity contribution in [3.05, 3.63) is 12.2 Å². The van der Waals surface area contributed by atoms with Crippen LogP contribution in [0.1, 0.15) is 26.2 Å². The fourth-order valence-electron chi connectivity index (χ4n) is 3.78. The molecule has 3 aliphatic rings. The molecule has 4 unspecified atom stereocenters. The molecule has 0 aliphatic heterocycles. The third-order valence-electron chi connectivity index (χ3n) is 4.48. The predicted octanol–water partition coefficient (Wildman–Crippen LogP) is 2.18. The van der Waals surface area contributed by atoms with Crippen LogP contribution >= 0.6 is 0 Å². The van der Waals surface area contributed by atoms with Crippen LogP contribution in [0.15, 0.2) is 12.2 Å². The smallest absolute Gasteiger partial charge is 0.136 e. The van der Waals surface area contributed by atoms with Gasteiger partial charge in [0.15, 0.2) is 0 Å². The van der Waals surface area contributed by atoms with Crippen LogP contribution in [0.25, 0.3) is 0 Å². The van der Waals surface area contributed by atoms with Crippen molar-refractivity contribution in [3.8, 4) is 0 Å². The van der Waals surface area contributed by atoms with Crippen LogP contribution in [0.4, 0.5) is 0 Å². The maximum atomic E-state index is 11.6. The Bertz CT molecular complexity index is 279. The molecule has 0 aromatic rings. The summed E-state index contributed by atoms with van der Waals surface area (Å²) in [6.45, 7) is 1.79. The summed E-state index contributed by atoms with van der Waals surface area (Å²) in [7, 11) is 0. The molecule has 1 nitrogen and oxygen atoms in total. The van der Waals surface area contributed by atoms with Crippen molar-refractivity contribution >= 4 is 5.78 Å². The first kappa shape index (κ1) is 6.88. The van der Waals surface area contributed by atoms with Crippen molar-refractivity contribution < 1.29 is 4.79 Å². The molecule has 2 fully saturated rings. The first-order chi connectivity index (χ1) is 5.75. The number of carbonyl (C=O) groups is 1. The largest absolute Gasteiger partial charge is 0.299 e. The molecule has 0 aromatic heterocycles. The molecule has 2 saturated carbocycles. The van der Waals surface area contributed by atoms with Crippen LogP contribution in [-0.2, 0) is 4.79 Å². The molecule has 0 radical (unpaired) electrons. The zero-order valence-corrected chi connectivity index (χ0v) is 7.42. The van der Waals surface area contributed by atoms with Gasteiger partial charge in [-0.2, -0.15) is 0 Å². The van der Waals surface area contributed by atoms with Gasteiger partial charge in [-0.3, -0.25) is 4.79 Å². The zero-order valence-electron chi connectivity index (χ0n) is 7.42. The highest BCUT2D eigenvalue weighted by Crippen LogP contribution is 2.66. The third kappa shape index (κ3) is 0.502. The van der Waals surface area contributed by atoms with E-state index in [0.717, 1.165) is 11.8 Å². The Morgan fingerprint density at radius 1 is 1.50 bits per heavy atom. The lowest BCUT2D eigenvalue weighted by atomic mass is 9.53. The first-order valence-corrected chi connectivity index (χ1v) is 4.94. The Morgan fingerprint density at radius 2 is 2.33 bits per heavy atom. The molecule has 0 saturated heterocycles. The standard InChI is InChI=1S/C11H14O/c1-7(12)11-5-4-10(11)8-2-3-9(11)6-8/h2-3,8-10H,4-6H2,1H3. The minimum absolute atomic E-state index is 0.124. The van der Waals surface area contributed by atoms with Crippen LogP contribution in [0.2, 0.25) is 0 Å². The third-order valence-corrected chi connectivity index (χ3v) is 4.48. The van der Waals surface area contributed by atoms with Crippen molar-refractivity contribution in [1.82, 2.24) is 0 Å². The molecule has 0 N–H and O–H groups in total. The minimum atomic E-state index is 0.124. The van der Waals surface area contributed by atoms with Gasteiger partial charge in [0, 0.05) is 5.41 Å². The van der Waals surface area contributed by atoms with Gasteiger partial charge in [-0.15, -0.1) is 0 Å². The Balaban J connectivity index is 2.07. The quantitative estimate of drug-likeness (QED) is 0.540. The van der Waals surface area contributed by atoms with E-state index in [0.29, 0.717) is 11.7 Å². The van der Waals surface area contributed by atoms with Gasteiger partial charge in [-0.25, -0.2) is 0 Å². The summed E-state index contributed by atoms with van der Waals surface area (Å²) in [4.78, 5) is 11.6. The van der Waals surface area contributed by atoms with Gasteiger partial charge in [0.2, 0.25) is 0 Å². The second-order valence-corrected chi connectivity index (χ2v) is 4.63. The summed E-state index contributed by atoms with van der Waals surface area (Å²) in [6, 6.07) is 0. The van der Waals surface area contributed by atoms with Crippen LogP contribution in [0.5, 0.6) is 0 Å². The summed E-state index contributed by atoms with van der Waals surface area (Å²) in [6.07, 6.45) is 8.37. The highest BCUT2D eigenvalue weighted by atomic mass is 16.1. The number of hydrogen-bond acceptors (Lipinski definition) is 1. The average molecular weight is 162 g/mol. The van der Waals surface area contributed by atoms with Gasteiger partial charge in [0.05, 0.1) is 0 Å². The van der Waals surface area contributed by atoms with E-state index in [1.165, 1.54) is 19.3 Å². The predicted molar refractivity (Wildman–Crippen MR) is 46.6 cm³/mol. The second kappa shape index (κ2) is 1.84. The highest BCUT2D eigenvalue weighted by Gasteiger charge is 2.63. The van der Waals surface area contributed by atoms with Crippen molar-refractivity contribution in [2.45, 2.75) is 26.2 Å². The van der Waals surface area contributed by atoms with E-state index in [-0.39, 0.29) is 5.41 Å². The fraction of sp³-hybridized carbons (Fsp3) is 0.727. The molecule has 2 bridgehead atoms. The highest BCUT2D eigenvalue weighted by molar-refractivity contribution is 5.85. The lowest BCUT2D eigenvalue weighted by Gasteiger charge is -2.49. The van der Waals surface area contributed by atoms with Gasteiger partial charge in [-0.05, 0) is 43.9 Å². The Morgan fingerprint density at radius 3 is 2.75 bits per heavy atom. The van der Waals surface area contributed by atoms with E-state index in [1.54, 1.807) is 6.92 Å². The number of allylic oxidation sites excluding steroid dienone is 2. The molecule has 12 heavy (non-hydrogen) atoms. The maximum Gasteiger partial charge on any atom is 0.136 e. The van der Waals surface area contributed by atoms with E-state index in [9.17, 15) is 4.79 Å². The van der Waals surface area contributed by atoms with Crippen molar-refractivity contribution in [2.24, 2.45) is 23.2 Å². The molecule has 4 atom stereocenters. The van der Waals surface area contributed by atoms with Gasteiger partial charge in [-0.1, -0.05) is 12.2 Å². The zero-order chi connectivity index (χ0) is 8.34. The number of rotatable bonds is 1. The van der Waals surface area contributed by atoms with Crippen LogP contribution in [0.3, 0.4) is 0 Å². The van der Waals surface area contributed by atoms with E-state index in [1.807, 2.05) is 0 Å². The Kier molecular flexibility index (Phi) is 1.05. The monoisotopic (exact) mass is 162 g/mol. The summed E-state index contributed by atoms with van der Waals surface area (Å²) in [5.74, 6) is 2.55. The lowest BCUT2D eigenvalue weighted by Crippen LogP contribution is -2.48. The van der Waals surface area contributed by atoms with E-state index in [2.05, 4.69) is 12.2 Å². The number of carbonyl (C=O) groups excluding carboxylic acids is 1. The molecular weight excluding hydrogens is 148 g/mol.